The molecule has 7 nitrogen and oxygen atoms in total. The van der Waals surface area contributed by atoms with Crippen LogP contribution in [-0.2, 0) is 31.6 Å². The Hall–Kier alpha value is -2.01. The summed E-state index contributed by atoms with van der Waals surface area (Å²) in [5.41, 5.74) is -5.40. The molecule has 0 aromatic heterocycles. The Morgan fingerprint density at radius 3 is 2.52 bits per heavy atom. The van der Waals surface area contributed by atoms with Gasteiger partial charge in [0, 0.05) is 19.0 Å². The van der Waals surface area contributed by atoms with Crippen molar-refractivity contribution in [3.63, 3.8) is 0 Å². The minimum absolute atomic E-state index is 0.198. The number of fused-ring (bicyclic) bond motifs is 2. The van der Waals surface area contributed by atoms with E-state index >= 15 is 0 Å². The zero-order valence-electron chi connectivity index (χ0n) is 17.8. The molecule has 0 aliphatic carbocycles. The number of halogens is 3. The fourth-order valence-corrected chi connectivity index (χ4v) is 4.51. The zero-order chi connectivity index (χ0) is 23.2. The number of nitrogens with zero attached hydrogens (tertiary/aromatic N) is 1. The number of likely N-dealkylation sites (tertiary alicyclic amines) is 1. The van der Waals surface area contributed by atoms with Crippen LogP contribution in [0, 0.1) is 0 Å². The number of carbonyl (C=O) groups is 1. The van der Waals surface area contributed by atoms with Crippen LogP contribution in [-0.4, -0.2) is 49.7 Å². The van der Waals surface area contributed by atoms with Crippen molar-refractivity contribution in [2.75, 3.05) is 13.2 Å². The highest BCUT2D eigenvalue weighted by atomic mass is 32.2. The number of hydrogen-bond donors (Lipinski definition) is 0. The highest BCUT2D eigenvalue weighted by Gasteiger charge is 2.49. The molecular weight excluding hydrogens is 439 g/mol. The van der Waals surface area contributed by atoms with E-state index in [1.54, 1.807) is 31.7 Å². The lowest BCUT2D eigenvalue weighted by Crippen LogP contribution is -2.53. The van der Waals surface area contributed by atoms with E-state index < -0.39 is 38.7 Å². The van der Waals surface area contributed by atoms with Gasteiger partial charge in [0.05, 0.1) is 12.2 Å². The van der Waals surface area contributed by atoms with Gasteiger partial charge in [-0.2, -0.15) is 21.6 Å². The Bertz CT molecular complexity index is 957. The summed E-state index contributed by atoms with van der Waals surface area (Å²) in [7, 11) is -5.74. The van der Waals surface area contributed by atoms with Crippen LogP contribution in [0.3, 0.4) is 0 Å². The summed E-state index contributed by atoms with van der Waals surface area (Å²) in [6, 6.07) is 3.86. The van der Waals surface area contributed by atoms with E-state index in [1.165, 1.54) is 12.1 Å². The molecule has 11 heteroatoms. The molecule has 2 aliphatic rings. The maximum absolute atomic E-state index is 12.6. The molecule has 31 heavy (non-hydrogen) atoms. The minimum Gasteiger partial charge on any atom is -0.444 e. The molecule has 0 unspecified atom stereocenters. The molecule has 0 bridgehead atoms. The Morgan fingerprint density at radius 2 is 1.94 bits per heavy atom. The average Bonchev–Trinajstić information content (AvgIpc) is 2.59. The van der Waals surface area contributed by atoms with Crippen LogP contribution in [0.15, 0.2) is 18.2 Å². The third kappa shape index (κ3) is 4.92. The number of amides is 1. The second-order valence-corrected chi connectivity index (χ2v) is 10.4. The van der Waals surface area contributed by atoms with Crippen LogP contribution in [0.25, 0.3) is 0 Å². The topological polar surface area (TPSA) is 82.1 Å². The van der Waals surface area contributed by atoms with Crippen molar-refractivity contribution in [1.82, 2.24) is 4.90 Å². The summed E-state index contributed by atoms with van der Waals surface area (Å²) in [4.78, 5) is 14.1. The van der Waals surface area contributed by atoms with Gasteiger partial charge in [-0.25, -0.2) is 4.79 Å². The first kappa shape index (κ1) is 23.6. The monoisotopic (exact) mass is 465 g/mol. The van der Waals surface area contributed by atoms with Crippen LogP contribution in [0.1, 0.15) is 51.7 Å². The molecule has 2 aliphatic heterocycles. The molecule has 0 radical (unpaired) electrons. The Kier molecular flexibility index (Phi) is 5.98. The first-order chi connectivity index (χ1) is 14.1. The number of piperidine rings is 1. The van der Waals surface area contributed by atoms with Crippen molar-refractivity contribution in [2.24, 2.45) is 0 Å². The van der Waals surface area contributed by atoms with Crippen LogP contribution in [0.2, 0.25) is 0 Å². The first-order valence-electron chi connectivity index (χ1n) is 9.91. The maximum Gasteiger partial charge on any atom is 0.534 e. The number of carbonyl (C=O) groups excluding carboxylic acids is 1. The summed E-state index contributed by atoms with van der Waals surface area (Å²) in [6.45, 7) is 7.97. The molecule has 1 aromatic rings. The standard InChI is InChI=1S/C20H26F3NO6S/c1-13-12-19(8-9-24(13)17(25)29-18(2,3)4)16-6-5-15(11-14(16)7-10-28-19)30-31(26,27)20(21,22)23/h5-6,11,13H,7-10,12H2,1-4H3/t13-,19+/m0/s1. The Balaban J connectivity index is 1.82. The van der Waals surface area contributed by atoms with Gasteiger partial charge in [-0.15, -0.1) is 0 Å². The van der Waals surface area contributed by atoms with E-state index in [1.807, 2.05) is 6.92 Å². The van der Waals surface area contributed by atoms with Gasteiger partial charge in [0.15, 0.2) is 0 Å². The van der Waals surface area contributed by atoms with Gasteiger partial charge >= 0.3 is 21.7 Å². The largest absolute Gasteiger partial charge is 0.534 e. The zero-order valence-corrected chi connectivity index (χ0v) is 18.6. The molecule has 3 rings (SSSR count). The minimum atomic E-state index is -5.74. The summed E-state index contributed by atoms with van der Waals surface area (Å²) in [5, 5.41) is 0. The molecule has 1 saturated heterocycles. The summed E-state index contributed by atoms with van der Waals surface area (Å²) < 4.78 is 76.3. The van der Waals surface area contributed by atoms with E-state index in [0.717, 1.165) is 5.56 Å². The highest BCUT2D eigenvalue weighted by Crippen LogP contribution is 2.44. The van der Waals surface area contributed by atoms with Gasteiger partial charge in [-0.1, -0.05) is 6.07 Å². The lowest BCUT2D eigenvalue weighted by molar-refractivity contribution is -0.110. The van der Waals surface area contributed by atoms with Crippen molar-refractivity contribution < 1.29 is 40.0 Å². The van der Waals surface area contributed by atoms with Crippen molar-refractivity contribution in [3.8, 4) is 5.75 Å². The summed E-state index contributed by atoms with van der Waals surface area (Å²) in [5.74, 6) is -0.396. The molecule has 0 saturated carbocycles. The van der Waals surface area contributed by atoms with Gasteiger partial charge in [0.1, 0.15) is 11.4 Å². The van der Waals surface area contributed by atoms with Crippen LogP contribution in [0.5, 0.6) is 5.75 Å². The molecule has 0 N–H and O–H groups in total. The van der Waals surface area contributed by atoms with E-state index in [4.69, 9.17) is 9.47 Å². The number of hydrogen-bond acceptors (Lipinski definition) is 6. The van der Waals surface area contributed by atoms with Crippen molar-refractivity contribution in [1.29, 1.82) is 0 Å². The van der Waals surface area contributed by atoms with Gasteiger partial charge in [-0.3, -0.25) is 0 Å². The maximum atomic E-state index is 12.6. The van der Waals surface area contributed by atoms with E-state index in [0.29, 0.717) is 38.0 Å². The predicted molar refractivity (Wildman–Crippen MR) is 105 cm³/mol. The third-order valence-electron chi connectivity index (χ3n) is 5.35. The normalized spacial score (nSPS) is 24.6. The molecule has 1 spiro atoms. The van der Waals surface area contributed by atoms with Gasteiger partial charge in [-0.05, 0) is 63.8 Å². The van der Waals surface area contributed by atoms with Crippen LogP contribution in [0.4, 0.5) is 18.0 Å². The van der Waals surface area contributed by atoms with E-state index in [-0.39, 0.29) is 6.04 Å². The summed E-state index contributed by atoms with van der Waals surface area (Å²) >= 11 is 0. The number of benzene rings is 1. The smallest absolute Gasteiger partial charge is 0.444 e. The molecule has 1 fully saturated rings. The van der Waals surface area contributed by atoms with Gasteiger partial charge in [0.2, 0.25) is 0 Å². The highest BCUT2D eigenvalue weighted by molar-refractivity contribution is 7.88. The molecule has 1 aromatic carbocycles. The predicted octanol–water partition coefficient (Wildman–Crippen LogP) is 4.10. The van der Waals surface area contributed by atoms with Crippen molar-refractivity contribution in [2.45, 2.75) is 69.7 Å². The molecule has 174 valence electrons. The Labute approximate surface area is 179 Å². The average molecular weight is 465 g/mol. The Morgan fingerprint density at radius 1 is 1.26 bits per heavy atom. The molecular formula is C20H26F3NO6S. The summed E-state index contributed by atoms with van der Waals surface area (Å²) in [6.07, 6.45) is 0.946. The van der Waals surface area contributed by atoms with Crippen molar-refractivity contribution in [3.05, 3.63) is 29.3 Å². The van der Waals surface area contributed by atoms with Crippen LogP contribution >= 0.6 is 0 Å². The van der Waals surface area contributed by atoms with E-state index in [9.17, 15) is 26.4 Å². The number of rotatable bonds is 2. The van der Waals surface area contributed by atoms with Gasteiger partial charge < -0.3 is 18.6 Å². The van der Waals surface area contributed by atoms with Crippen molar-refractivity contribution >= 4 is 16.2 Å². The quantitative estimate of drug-likeness (QED) is 0.483. The second-order valence-electron chi connectivity index (χ2n) is 8.87. The lowest BCUT2D eigenvalue weighted by atomic mass is 9.77. The first-order valence-corrected chi connectivity index (χ1v) is 11.3. The number of ether oxygens (including phenoxy) is 2. The number of alkyl halides is 3. The van der Waals surface area contributed by atoms with E-state index in [2.05, 4.69) is 4.18 Å². The van der Waals surface area contributed by atoms with Crippen LogP contribution < -0.4 is 4.18 Å². The van der Waals surface area contributed by atoms with Gasteiger partial charge in [0.25, 0.3) is 0 Å². The molecule has 2 atom stereocenters. The fourth-order valence-electron chi connectivity index (χ4n) is 4.06. The molecule has 2 heterocycles. The lowest BCUT2D eigenvalue weighted by Gasteiger charge is -2.48. The fraction of sp³-hybridized carbons (Fsp3) is 0.650. The molecule has 1 amide bonds. The third-order valence-corrected chi connectivity index (χ3v) is 6.33. The SMILES string of the molecule is C[C@H]1C[C@@]2(CCN1C(=O)OC(C)(C)C)OCCc1cc(OS(=O)(=O)C(F)(F)F)ccc12. The second kappa shape index (κ2) is 7.84.